The van der Waals surface area contributed by atoms with Crippen LogP contribution in [0.4, 0.5) is 5.69 Å². The van der Waals surface area contributed by atoms with Crippen LogP contribution in [0.25, 0.3) is 0 Å². The van der Waals surface area contributed by atoms with E-state index in [4.69, 9.17) is 4.74 Å². The van der Waals surface area contributed by atoms with Gasteiger partial charge in [-0.25, -0.2) is 0 Å². The Morgan fingerprint density at radius 1 is 1.23 bits per heavy atom. The molecule has 1 aliphatic heterocycles. The van der Waals surface area contributed by atoms with Crippen molar-refractivity contribution < 1.29 is 14.3 Å². The number of carbonyl (C=O) groups excluding carboxylic acids is 2. The summed E-state index contributed by atoms with van der Waals surface area (Å²) in [5, 5.41) is 3.01. The molecule has 5 nitrogen and oxygen atoms in total. The van der Waals surface area contributed by atoms with Crippen molar-refractivity contribution in [2.45, 2.75) is 32.7 Å². The number of nitrogens with one attached hydrogen (secondary N) is 1. The number of nitrogens with zero attached hydrogens (tertiary/aromatic N) is 1. The van der Waals surface area contributed by atoms with Gasteiger partial charge in [0.25, 0.3) is 5.91 Å². The van der Waals surface area contributed by atoms with Gasteiger partial charge in [-0.1, -0.05) is 18.2 Å². The molecule has 0 aliphatic carbocycles. The third kappa shape index (κ3) is 4.04. The Morgan fingerprint density at radius 2 is 2.00 bits per heavy atom. The molecule has 3 rings (SSSR count). The van der Waals surface area contributed by atoms with Crippen molar-refractivity contribution in [3.63, 3.8) is 0 Å². The quantitative estimate of drug-likeness (QED) is 0.862. The van der Waals surface area contributed by atoms with Crippen molar-refractivity contribution in [3.05, 3.63) is 59.7 Å². The Bertz CT molecular complexity index is 786. The molecule has 1 saturated heterocycles. The molecule has 0 unspecified atom stereocenters. The van der Waals surface area contributed by atoms with Gasteiger partial charge in [-0.05, 0) is 56.2 Å². The van der Waals surface area contributed by atoms with Gasteiger partial charge in [0.15, 0.2) is 0 Å². The minimum atomic E-state index is -0.153. The number of anilines is 1. The van der Waals surface area contributed by atoms with Crippen molar-refractivity contribution in [2.75, 3.05) is 18.1 Å². The number of benzene rings is 2. The molecule has 5 heteroatoms. The van der Waals surface area contributed by atoms with E-state index in [-0.39, 0.29) is 17.9 Å². The van der Waals surface area contributed by atoms with Crippen molar-refractivity contribution in [3.8, 4) is 5.75 Å². The fourth-order valence-corrected chi connectivity index (χ4v) is 3.12. The number of hydrogen-bond donors (Lipinski definition) is 1. The summed E-state index contributed by atoms with van der Waals surface area (Å²) in [6, 6.07) is 14.8. The first-order valence-electron chi connectivity index (χ1n) is 9.02. The standard InChI is InChI=1S/C21H24N2O3/c1-3-26-19-11-9-16(10-12-19)15(2)22-21(25)17-6-4-7-18(14-17)23-13-5-8-20(23)24/h4,6-7,9-12,14-15H,3,5,8,13H2,1-2H3,(H,22,25)/t15-/m1/s1. The van der Waals surface area contributed by atoms with E-state index in [1.165, 1.54) is 0 Å². The summed E-state index contributed by atoms with van der Waals surface area (Å²) in [4.78, 5) is 26.3. The Hall–Kier alpha value is -2.82. The molecular weight excluding hydrogens is 328 g/mol. The lowest BCUT2D eigenvalue weighted by atomic mass is 10.1. The molecule has 0 spiro atoms. The first kappa shape index (κ1) is 18.0. The summed E-state index contributed by atoms with van der Waals surface area (Å²) < 4.78 is 5.44. The normalized spacial score (nSPS) is 15.0. The van der Waals surface area contributed by atoms with E-state index in [0.29, 0.717) is 25.1 Å². The van der Waals surface area contributed by atoms with Crippen LogP contribution >= 0.6 is 0 Å². The number of amides is 2. The van der Waals surface area contributed by atoms with E-state index < -0.39 is 0 Å². The molecule has 0 bridgehead atoms. The van der Waals surface area contributed by atoms with E-state index in [1.807, 2.05) is 50.2 Å². The zero-order chi connectivity index (χ0) is 18.5. The second-order valence-corrected chi connectivity index (χ2v) is 6.40. The van der Waals surface area contributed by atoms with Gasteiger partial charge in [0.1, 0.15) is 5.75 Å². The summed E-state index contributed by atoms with van der Waals surface area (Å²) >= 11 is 0. The molecule has 0 radical (unpaired) electrons. The van der Waals surface area contributed by atoms with E-state index in [2.05, 4.69) is 5.32 Å². The Balaban J connectivity index is 1.68. The highest BCUT2D eigenvalue weighted by atomic mass is 16.5. The van der Waals surface area contributed by atoms with Crippen molar-refractivity contribution >= 4 is 17.5 Å². The maximum atomic E-state index is 12.6. The number of ether oxygens (including phenoxy) is 1. The lowest BCUT2D eigenvalue weighted by Crippen LogP contribution is -2.27. The molecule has 2 aromatic carbocycles. The van der Waals surface area contributed by atoms with Gasteiger partial charge >= 0.3 is 0 Å². The van der Waals surface area contributed by atoms with Crippen LogP contribution in [0.15, 0.2) is 48.5 Å². The molecule has 2 aromatic rings. The minimum Gasteiger partial charge on any atom is -0.494 e. The average Bonchev–Trinajstić information content (AvgIpc) is 3.08. The number of hydrogen-bond acceptors (Lipinski definition) is 3. The average molecular weight is 352 g/mol. The van der Waals surface area contributed by atoms with Crippen LogP contribution in [0.5, 0.6) is 5.75 Å². The molecule has 1 atom stereocenters. The zero-order valence-electron chi connectivity index (χ0n) is 15.2. The predicted molar refractivity (Wildman–Crippen MR) is 102 cm³/mol. The summed E-state index contributed by atoms with van der Waals surface area (Å²) in [6.07, 6.45) is 1.44. The third-order valence-electron chi connectivity index (χ3n) is 4.53. The minimum absolute atomic E-state index is 0.116. The smallest absolute Gasteiger partial charge is 0.251 e. The van der Waals surface area contributed by atoms with Gasteiger partial charge in [0.05, 0.1) is 12.6 Å². The highest BCUT2D eigenvalue weighted by Crippen LogP contribution is 2.23. The second kappa shape index (κ2) is 8.04. The lowest BCUT2D eigenvalue weighted by molar-refractivity contribution is -0.117. The maximum absolute atomic E-state index is 12.6. The Labute approximate surface area is 154 Å². The van der Waals surface area contributed by atoms with Crippen LogP contribution in [-0.4, -0.2) is 25.0 Å². The molecule has 1 heterocycles. The number of carbonyl (C=O) groups is 2. The first-order valence-corrected chi connectivity index (χ1v) is 9.02. The van der Waals surface area contributed by atoms with Crippen molar-refractivity contribution in [1.82, 2.24) is 5.32 Å². The summed E-state index contributed by atoms with van der Waals surface area (Å²) in [5.41, 5.74) is 2.35. The van der Waals surface area contributed by atoms with Gasteiger partial charge in [-0.3, -0.25) is 9.59 Å². The molecule has 1 fully saturated rings. The monoisotopic (exact) mass is 352 g/mol. The number of rotatable bonds is 6. The van der Waals surface area contributed by atoms with E-state index in [0.717, 1.165) is 23.4 Å². The van der Waals surface area contributed by atoms with Gasteiger partial charge in [-0.15, -0.1) is 0 Å². The molecule has 136 valence electrons. The molecule has 0 saturated carbocycles. The lowest BCUT2D eigenvalue weighted by Gasteiger charge is -2.18. The van der Waals surface area contributed by atoms with E-state index >= 15 is 0 Å². The van der Waals surface area contributed by atoms with Gasteiger partial charge in [0, 0.05) is 24.2 Å². The van der Waals surface area contributed by atoms with E-state index in [9.17, 15) is 9.59 Å². The van der Waals surface area contributed by atoms with Crippen LogP contribution in [0.3, 0.4) is 0 Å². The molecular formula is C21H24N2O3. The summed E-state index contributed by atoms with van der Waals surface area (Å²) in [6.45, 7) is 5.23. The zero-order valence-corrected chi connectivity index (χ0v) is 15.2. The fraction of sp³-hybridized carbons (Fsp3) is 0.333. The van der Waals surface area contributed by atoms with Crippen LogP contribution in [0.2, 0.25) is 0 Å². The van der Waals surface area contributed by atoms with Gasteiger partial charge < -0.3 is 15.0 Å². The first-order chi connectivity index (χ1) is 12.6. The fourth-order valence-electron chi connectivity index (χ4n) is 3.12. The molecule has 26 heavy (non-hydrogen) atoms. The van der Waals surface area contributed by atoms with Gasteiger partial charge in [0.2, 0.25) is 5.91 Å². The van der Waals surface area contributed by atoms with Crippen LogP contribution in [0, 0.1) is 0 Å². The third-order valence-corrected chi connectivity index (χ3v) is 4.53. The SMILES string of the molecule is CCOc1ccc([C@@H](C)NC(=O)c2cccc(N3CCCC3=O)c2)cc1. The van der Waals surface area contributed by atoms with Crippen LogP contribution in [0.1, 0.15) is 48.7 Å². The largest absolute Gasteiger partial charge is 0.494 e. The molecule has 0 aromatic heterocycles. The Morgan fingerprint density at radius 3 is 2.65 bits per heavy atom. The Kier molecular flexibility index (Phi) is 5.56. The maximum Gasteiger partial charge on any atom is 0.251 e. The van der Waals surface area contributed by atoms with E-state index in [1.54, 1.807) is 17.0 Å². The predicted octanol–water partition coefficient (Wildman–Crippen LogP) is 3.70. The summed E-state index contributed by atoms with van der Waals surface area (Å²) in [5.74, 6) is 0.781. The van der Waals surface area contributed by atoms with Crippen LogP contribution < -0.4 is 15.0 Å². The van der Waals surface area contributed by atoms with Crippen molar-refractivity contribution in [2.24, 2.45) is 0 Å². The summed E-state index contributed by atoms with van der Waals surface area (Å²) in [7, 11) is 0. The highest BCUT2D eigenvalue weighted by molar-refractivity contribution is 5.99. The second-order valence-electron chi connectivity index (χ2n) is 6.40. The van der Waals surface area contributed by atoms with Gasteiger partial charge in [-0.2, -0.15) is 0 Å². The van der Waals surface area contributed by atoms with Crippen LogP contribution in [-0.2, 0) is 4.79 Å². The van der Waals surface area contributed by atoms with Crippen molar-refractivity contribution in [1.29, 1.82) is 0 Å². The topological polar surface area (TPSA) is 58.6 Å². The molecule has 2 amide bonds. The molecule has 1 N–H and O–H groups in total. The highest BCUT2D eigenvalue weighted by Gasteiger charge is 2.22. The molecule has 1 aliphatic rings.